The summed E-state index contributed by atoms with van der Waals surface area (Å²) in [5.74, 6) is -3.31. The van der Waals surface area contributed by atoms with E-state index in [9.17, 15) is 34.5 Å². The zero-order valence-corrected chi connectivity index (χ0v) is 28.6. The summed E-state index contributed by atoms with van der Waals surface area (Å²) < 4.78 is 0. The summed E-state index contributed by atoms with van der Waals surface area (Å²) in [4.78, 5) is 60.2. The number of aromatic amines is 2. The monoisotopic (exact) mass is 716 g/mol. The molecule has 0 bridgehead atoms. The summed E-state index contributed by atoms with van der Waals surface area (Å²) in [6, 6.07) is 22.3. The van der Waals surface area contributed by atoms with Crippen molar-refractivity contribution >= 4 is 45.5 Å². The first kappa shape index (κ1) is 36.2. The van der Waals surface area contributed by atoms with E-state index in [1.165, 1.54) is 24.3 Å². The van der Waals surface area contributed by atoms with Crippen LogP contribution in [0.1, 0.15) is 22.3 Å². The average molecular weight is 717 g/mol. The van der Waals surface area contributed by atoms with Crippen LogP contribution in [0.2, 0.25) is 0 Å². The first-order valence-corrected chi connectivity index (χ1v) is 17.1. The number of aliphatic carboxylic acids is 1. The largest absolute Gasteiger partial charge is 0.508 e. The van der Waals surface area contributed by atoms with Crippen LogP contribution in [0.25, 0.3) is 21.8 Å². The molecule has 0 aliphatic carbocycles. The van der Waals surface area contributed by atoms with Crippen LogP contribution in [0.4, 0.5) is 0 Å². The summed E-state index contributed by atoms with van der Waals surface area (Å²) in [7, 11) is 0. The third-order valence-corrected chi connectivity index (χ3v) is 9.18. The first-order valence-electron chi connectivity index (χ1n) is 17.1. The Morgan fingerprint density at radius 1 is 0.547 bits per heavy atom. The Bertz CT molecular complexity index is 2230. The number of aromatic hydroxyl groups is 2. The molecule has 3 amide bonds. The van der Waals surface area contributed by atoms with Gasteiger partial charge in [-0.05, 0) is 65.1 Å². The fraction of sp³-hybridized carbons (Fsp3) is 0.200. The molecular weight excluding hydrogens is 676 g/mol. The van der Waals surface area contributed by atoms with Crippen molar-refractivity contribution in [2.24, 2.45) is 5.73 Å². The Morgan fingerprint density at radius 3 is 1.43 bits per heavy atom. The van der Waals surface area contributed by atoms with Crippen LogP contribution in [0, 0.1) is 0 Å². The summed E-state index contributed by atoms with van der Waals surface area (Å²) in [5.41, 5.74) is 10.8. The number of carboxylic acid groups (broad SMARTS) is 1. The first-order chi connectivity index (χ1) is 25.5. The Labute approximate surface area is 304 Å². The van der Waals surface area contributed by atoms with Crippen molar-refractivity contribution in [3.8, 4) is 11.5 Å². The topological polar surface area (TPSA) is 223 Å². The number of benzene rings is 4. The van der Waals surface area contributed by atoms with Crippen LogP contribution in [-0.4, -0.2) is 73.1 Å². The van der Waals surface area contributed by atoms with Gasteiger partial charge >= 0.3 is 5.97 Å². The van der Waals surface area contributed by atoms with Crippen molar-refractivity contribution in [3.63, 3.8) is 0 Å². The van der Waals surface area contributed by atoms with Gasteiger partial charge in [0, 0.05) is 53.5 Å². The number of aromatic nitrogens is 2. The van der Waals surface area contributed by atoms with Gasteiger partial charge in [-0.3, -0.25) is 14.4 Å². The quantitative estimate of drug-likeness (QED) is 0.0766. The minimum atomic E-state index is -1.34. The van der Waals surface area contributed by atoms with Crippen molar-refractivity contribution in [2.45, 2.75) is 49.9 Å². The highest BCUT2D eigenvalue weighted by atomic mass is 16.4. The third kappa shape index (κ3) is 9.01. The van der Waals surface area contributed by atoms with E-state index >= 15 is 0 Å². The van der Waals surface area contributed by atoms with Crippen LogP contribution in [-0.2, 0) is 44.9 Å². The number of amides is 3. The minimum absolute atomic E-state index is 0.00380. The van der Waals surface area contributed by atoms with Gasteiger partial charge in [-0.15, -0.1) is 0 Å². The number of carboxylic acids is 1. The molecule has 2 aromatic heterocycles. The van der Waals surface area contributed by atoms with Gasteiger partial charge in [-0.1, -0.05) is 60.7 Å². The lowest BCUT2D eigenvalue weighted by Crippen LogP contribution is -2.58. The summed E-state index contributed by atoms with van der Waals surface area (Å²) in [6.07, 6.45) is 3.57. The van der Waals surface area contributed by atoms with E-state index in [1.54, 1.807) is 36.7 Å². The van der Waals surface area contributed by atoms with Gasteiger partial charge in [0.2, 0.25) is 17.7 Å². The Kier molecular flexibility index (Phi) is 11.0. The predicted octanol–water partition coefficient (Wildman–Crippen LogP) is 3.20. The summed E-state index contributed by atoms with van der Waals surface area (Å²) in [5, 5.41) is 39.6. The van der Waals surface area contributed by atoms with E-state index < -0.39 is 47.9 Å². The fourth-order valence-corrected chi connectivity index (χ4v) is 6.33. The molecule has 0 aliphatic heterocycles. The van der Waals surface area contributed by atoms with Crippen molar-refractivity contribution in [1.29, 1.82) is 0 Å². The van der Waals surface area contributed by atoms with Crippen LogP contribution < -0.4 is 21.7 Å². The second-order valence-electron chi connectivity index (χ2n) is 13.0. The zero-order chi connectivity index (χ0) is 37.5. The van der Waals surface area contributed by atoms with E-state index in [1.807, 2.05) is 48.5 Å². The van der Waals surface area contributed by atoms with Crippen molar-refractivity contribution in [2.75, 3.05) is 0 Å². The molecule has 6 rings (SSSR count). The highest BCUT2D eigenvalue weighted by Gasteiger charge is 2.31. The van der Waals surface area contributed by atoms with Crippen molar-refractivity contribution in [1.82, 2.24) is 25.9 Å². The number of rotatable bonds is 15. The molecule has 0 radical (unpaired) electrons. The van der Waals surface area contributed by atoms with Gasteiger partial charge in [0.1, 0.15) is 29.6 Å². The molecule has 0 fully saturated rings. The van der Waals surface area contributed by atoms with Crippen molar-refractivity contribution in [3.05, 3.63) is 132 Å². The van der Waals surface area contributed by atoms with Crippen LogP contribution >= 0.6 is 0 Å². The second kappa shape index (κ2) is 16.2. The van der Waals surface area contributed by atoms with Crippen LogP contribution in [0.15, 0.2) is 109 Å². The molecule has 6 aromatic rings. The molecule has 53 heavy (non-hydrogen) atoms. The Hall–Kier alpha value is -6.60. The second-order valence-corrected chi connectivity index (χ2v) is 13.0. The van der Waals surface area contributed by atoms with Gasteiger partial charge in [0.05, 0.1) is 6.04 Å². The molecule has 0 spiro atoms. The number of nitrogens with one attached hydrogen (secondary N) is 5. The number of carbonyl (C=O) groups is 4. The SMILES string of the molecule is NC(Cc1c[nH]c2ccccc12)C(=O)NC(Cc1ccc(O)cc1)C(=O)NC(Cc1ccc(O)cc1)C(=O)NC(Cc1c[nH]c2ccccc12)C(=O)O. The smallest absolute Gasteiger partial charge is 0.326 e. The van der Waals surface area contributed by atoms with Gasteiger partial charge in [-0.25, -0.2) is 4.79 Å². The highest BCUT2D eigenvalue weighted by molar-refractivity contribution is 5.95. The molecule has 0 saturated heterocycles. The Morgan fingerprint density at radius 2 is 0.962 bits per heavy atom. The third-order valence-electron chi connectivity index (χ3n) is 9.18. The maximum atomic E-state index is 14.1. The molecule has 13 heteroatoms. The molecule has 4 unspecified atom stereocenters. The molecular formula is C40H40N6O7. The lowest BCUT2D eigenvalue weighted by atomic mass is 10.0. The lowest BCUT2D eigenvalue weighted by Gasteiger charge is -2.25. The van der Waals surface area contributed by atoms with Gasteiger partial charge in [-0.2, -0.15) is 0 Å². The molecule has 13 nitrogen and oxygen atoms in total. The predicted molar refractivity (Wildman–Crippen MR) is 199 cm³/mol. The molecule has 272 valence electrons. The number of phenols is 2. The number of carbonyl (C=O) groups excluding carboxylic acids is 3. The van der Waals surface area contributed by atoms with Gasteiger partial charge in [0.25, 0.3) is 0 Å². The maximum absolute atomic E-state index is 14.1. The van der Waals surface area contributed by atoms with E-state index in [0.717, 1.165) is 27.4 Å². The highest BCUT2D eigenvalue weighted by Crippen LogP contribution is 2.21. The molecule has 10 N–H and O–H groups in total. The average Bonchev–Trinajstić information content (AvgIpc) is 3.76. The number of hydrogen-bond donors (Lipinski definition) is 9. The van der Waals surface area contributed by atoms with Crippen LogP contribution in [0.3, 0.4) is 0 Å². The number of para-hydroxylation sites is 2. The Balaban J connectivity index is 1.23. The number of H-pyrrole nitrogens is 2. The number of phenolic OH excluding ortho intramolecular Hbond substituents is 2. The normalized spacial score (nSPS) is 13.5. The lowest BCUT2D eigenvalue weighted by molar-refractivity contribution is -0.142. The molecule has 0 aliphatic rings. The van der Waals surface area contributed by atoms with Crippen LogP contribution in [0.5, 0.6) is 11.5 Å². The molecule has 4 aromatic carbocycles. The number of nitrogens with two attached hydrogens (primary N) is 1. The van der Waals surface area contributed by atoms with Gasteiger partial charge < -0.3 is 47.0 Å². The minimum Gasteiger partial charge on any atom is -0.508 e. The van der Waals surface area contributed by atoms with Gasteiger partial charge in [0.15, 0.2) is 0 Å². The molecule has 0 saturated carbocycles. The number of fused-ring (bicyclic) bond motifs is 2. The standard InChI is InChI=1S/C40H40N6O7/c41-31(19-25-21-42-32-7-3-1-5-29(25)32)37(49)44-34(17-23-9-13-27(47)14-10-23)38(50)45-35(18-24-11-15-28(48)16-12-24)39(51)46-36(40(52)53)20-26-22-43-33-8-4-2-6-30(26)33/h1-16,21-22,31,34-36,42-43,47-48H,17-20,41H2,(H,44,49)(H,45,50)(H,46,51)(H,52,53). The summed E-state index contributed by atoms with van der Waals surface area (Å²) >= 11 is 0. The van der Waals surface area contributed by atoms with E-state index in [0.29, 0.717) is 16.7 Å². The maximum Gasteiger partial charge on any atom is 0.326 e. The number of hydrogen-bond acceptors (Lipinski definition) is 7. The molecule has 4 atom stereocenters. The molecule has 2 heterocycles. The summed E-state index contributed by atoms with van der Waals surface area (Å²) in [6.45, 7) is 0. The van der Waals surface area contributed by atoms with Crippen molar-refractivity contribution < 1.29 is 34.5 Å². The van der Waals surface area contributed by atoms with E-state index in [2.05, 4.69) is 25.9 Å². The van der Waals surface area contributed by atoms with E-state index in [4.69, 9.17) is 5.73 Å². The zero-order valence-electron chi connectivity index (χ0n) is 28.6. The van der Waals surface area contributed by atoms with E-state index in [-0.39, 0.29) is 37.2 Å². The fourth-order valence-electron chi connectivity index (χ4n) is 6.33.